The van der Waals surface area contributed by atoms with E-state index in [-0.39, 0.29) is 17.4 Å². The summed E-state index contributed by atoms with van der Waals surface area (Å²) in [5.74, 6) is 0.501. The highest BCUT2D eigenvalue weighted by Gasteiger charge is 2.26. The summed E-state index contributed by atoms with van der Waals surface area (Å²) in [4.78, 5) is 30.4. The van der Waals surface area contributed by atoms with Crippen molar-refractivity contribution in [2.75, 3.05) is 31.1 Å². The van der Waals surface area contributed by atoms with E-state index in [1.165, 1.54) is 12.3 Å². The molecular weight excluding hydrogens is 286 g/mol. The lowest BCUT2D eigenvalue weighted by Crippen LogP contribution is -2.50. The molecule has 1 saturated heterocycles. The fourth-order valence-corrected chi connectivity index (χ4v) is 2.15. The predicted molar refractivity (Wildman–Crippen MR) is 81.3 cm³/mol. The Hall–Kier alpha value is -2.31. The zero-order valence-electron chi connectivity index (χ0n) is 13.1. The number of hydrogen-bond donors (Lipinski definition) is 1. The number of aromatic nitrogens is 1. The number of nitrogens with zero attached hydrogens (tertiary/aromatic N) is 3. The molecule has 0 aromatic carbocycles. The van der Waals surface area contributed by atoms with Gasteiger partial charge in [0.15, 0.2) is 6.29 Å². The highest BCUT2D eigenvalue weighted by atomic mass is 16.6. The fraction of sp³-hybridized carbons (Fsp3) is 0.533. The number of hydrogen-bond acceptors (Lipinski definition) is 6. The summed E-state index contributed by atoms with van der Waals surface area (Å²) in [6.45, 7) is 7.73. The van der Waals surface area contributed by atoms with E-state index in [1.807, 2.05) is 25.7 Å². The Morgan fingerprint density at radius 1 is 1.32 bits per heavy atom. The van der Waals surface area contributed by atoms with E-state index in [0.717, 1.165) is 0 Å². The van der Waals surface area contributed by atoms with Crippen LogP contribution in [0.3, 0.4) is 0 Å². The van der Waals surface area contributed by atoms with Crippen LogP contribution >= 0.6 is 0 Å². The van der Waals surface area contributed by atoms with E-state index in [0.29, 0.717) is 38.3 Å². The third kappa shape index (κ3) is 3.87. The Balaban J connectivity index is 1.96. The number of piperazine rings is 1. The molecule has 0 atom stereocenters. The van der Waals surface area contributed by atoms with E-state index in [9.17, 15) is 14.7 Å². The zero-order valence-corrected chi connectivity index (χ0v) is 13.1. The number of aromatic hydroxyl groups is 1. The van der Waals surface area contributed by atoms with Gasteiger partial charge in [-0.15, -0.1) is 0 Å². The summed E-state index contributed by atoms with van der Waals surface area (Å²) in [6, 6.07) is 1.47. The summed E-state index contributed by atoms with van der Waals surface area (Å²) in [5, 5.41) is 9.71. The summed E-state index contributed by atoms with van der Waals surface area (Å²) in [6.07, 6.45) is 1.59. The average Bonchev–Trinajstić information content (AvgIpc) is 2.45. The maximum atomic E-state index is 12.0. The summed E-state index contributed by atoms with van der Waals surface area (Å²) in [5.41, 5.74) is -0.345. The normalized spacial score (nSPS) is 15.6. The maximum Gasteiger partial charge on any atom is 0.410 e. The van der Waals surface area contributed by atoms with Crippen molar-refractivity contribution >= 4 is 18.2 Å². The highest BCUT2D eigenvalue weighted by Crippen LogP contribution is 2.22. The fourth-order valence-electron chi connectivity index (χ4n) is 2.15. The van der Waals surface area contributed by atoms with Gasteiger partial charge in [0.25, 0.3) is 0 Å². The smallest absolute Gasteiger partial charge is 0.410 e. The van der Waals surface area contributed by atoms with Gasteiger partial charge in [-0.25, -0.2) is 9.78 Å². The number of carbonyl (C=O) groups excluding carboxylic acids is 2. The van der Waals surface area contributed by atoms with Crippen LogP contribution in [0.4, 0.5) is 10.6 Å². The lowest BCUT2D eigenvalue weighted by atomic mass is 10.2. The molecule has 0 spiro atoms. The molecule has 1 N–H and O–H groups in total. The largest absolute Gasteiger partial charge is 0.507 e. The lowest BCUT2D eigenvalue weighted by Gasteiger charge is -2.36. The molecule has 7 nitrogen and oxygen atoms in total. The van der Waals surface area contributed by atoms with Crippen molar-refractivity contribution in [3.05, 3.63) is 17.8 Å². The molecule has 120 valence electrons. The van der Waals surface area contributed by atoms with Gasteiger partial charge in [0.05, 0.1) is 5.56 Å². The van der Waals surface area contributed by atoms with E-state index in [4.69, 9.17) is 4.74 Å². The van der Waals surface area contributed by atoms with Crippen LogP contribution in [0.15, 0.2) is 12.3 Å². The van der Waals surface area contributed by atoms with Crippen molar-refractivity contribution in [3.63, 3.8) is 0 Å². The monoisotopic (exact) mass is 307 g/mol. The molecule has 0 saturated carbocycles. The van der Waals surface area contributed by atoms with Crippen LogP contribution in [0.2, 0.25) is 0 Å². The third-order valence-electron chi connectivity index (χ3n) is 3.28. The first-order valence-electron chi connectivity index (χ1n) is 7.17. The Morgan fingerprint density at radius 2 is 1.95 bits per heavy atom. The van der Waals surface area contributed by atoms with Gasteiger partial charge < -0.3 is 19.6 Å². The van der Waals surface area contributed by atoms with Crippen LogP contribution in [-0.2, 0) is 4.74 Å². The molecule has 0 radical (unpaired) electrons. The van der Waals surface area contributed by atoms with Gasteiger partial charge in [-0.3, -0.25) is 4.79 Å². The number of aldehydes is 1. The van der Waals surface area contributed by atoms with Crippen molar-refractivity contribution < 1.29 is 19.4 Å². The topological polar surface area (TPSA) is 83.0 Å². The van der Waals surface area contributed by atoms with Crippen LogP contribution in [-0.4, -0.2) is 59.1 Å². The first kappa shape index (κ1) is 16.1. The molecule has 1 fully saturated rings. The van der Waals surface area contributed by atoms with Gasteiger partial charge in [-0.2, -0.15) is 0 Å². The van der Waals surface area contributed by atoms with Crippen molar-refractivity contribution in [1.82, 2.24) is 9.88 Å². The van der Waals surface area contributed by atoms with Crippen LogP contribution in [0.1, 0.15) is 31.1 Å². The summed E-state index contributed by atoms with van der Waals surface area (Å²) in [7, 11) is 0. The van der Waals surface area contributed by atoms with Crippen LogP contribution in [0.5, 0.6) is 5.75 Å². The molecular formula is C15H21N3O4. The molecule has 0 unspecified atom stereocenters. The second-order valence-corrected chi connectivity index (χ2v) is 6.17. The summed E-state index contributed by atoms with van der Waals surface area (Å²) < 4.78 is 5.34. The Kier molecular flexibility index (Phi) is 4.54. The number of amides is 1. The summed E-state index contributed by atoms with van der Waals surface area (Å²) >= 11 is 0. The molecule has 22 heavy (non-hydrogen) atoms. The minimum Gasteiger partial charge on any atom is -0.507 e. The SMILES string of the molecule is CC(C)(C)OC(=O)N1CCN(c2cc(O)c(C=O)cn2)CC1. The Morgan fingerprint density at radius 3 is 2.45 bits per heavy atom. The van der Waals surface area contributed by atoms with Gasteiger partial charge in [0, 0.05) is 38.4 Å². The molecule has 1 amide bonds. The molecule has 2 heterocycles. The van der Waals surface area contributed by atoms with Crippen molar-refractivity contribution in [1.29, 1.82) is 0 Å². The van der Waals surface area contributed by atoms with Crippen molar-refractivity contribution in [3.8, 4) is 5.75 Å². The first-order valence-corrected chi connectivity index (χ1v) is 7.17. The molecule has 7 heteroatoms. The van der Waals surface area contributed by atoms with E-state index < -0.39 is 5.60 Å². The molecule has 0 aliphatic carbocycles. The van der Waals surface area contributed by atoms with Gasteiger partial charge in [0.1, 0.15) is 17.2 Å². The standard InChI is InChI=1S/C15H21N3O4/c1-15(2,3)22-14(21)18-6-4-17(5-7-18)13-8-12(20)11(10-19)9-16-13/h8-10H,4-7H2,1-3H3,(H,16,20). The highest BCUT2D eigenvalue weighted by molar-refractivity contribution is 5.79. The van der Waals surface area contributed by atoms with Gasteiger partial charge in [0.2, 0.25) is 0 Å². The van der Waals surface area contributed by atoms with Crippen LogP contribution in [0.25, 0.3) is 0 Å². The second kappa shape index (κ2) is 6.21. The van der Waals surface area contributed by atoms with Gasteiger partial charge in [-0.05, 0) is 20.8 Å². The second-order valence-electron chi connectivity index (χ2n) is 6.17. The minimum absolute atomic E-state index is 0.0884. The molecule has 0 bridgehead atoms. The number of carbonyl (C=O) groups is 2. The lowest BCUT2D eigenvalue weighted by molar-refractivity contribution is 0.0240. The Labute approximate surface area is 129 Å². The number of rotatable bonds is 2. The molecule has 1 aliphatic rings. The van der Waals surface area contributed by atoms with Crippen molar-refractivity contribution in [2.24, 2.45) is 0 Å². The number of ether oxygens (including phenoxy) is 1. The maximum absolute atomic E-state index is 12.0. The zero-order chi connectivity index (χ0) is 16.3. The van der Waals surface area contributed by atoms with Gasteiger partial charge in [-0.1, -0.05) is 0 Å². The molecule has 1 aliphatic heterocycles. The van der Waals surface area contributed by atoms with Crippen LogP contribution in [0, 0.1) is 0 Å². The molecule has 1 aromatic heterocycles. The third-order valence-corrected chi connectivity index (χ3v) is 3.28. The number of pyridine rings is 1. The quantitative estimate of drug-likeness (QED) is 0.837. The predicted octanol–water partition coefficient (Wildman–Crippen LogP) is 1.66. The van der Waals surface area contributed by atoms with Gasteiger partial charge >= 0.3 is 6.09 Å². The molecule has 2 rings (SSSR count). The Bertz CT molecular complexity index is 560. The first-order chi connectivity index (χ1) is 10.3. The van der Waals surface area contributed by atoms with Crippen LogP contribution < -0.4 is 4.90 Å². The van der Waals surface area contributed by atoms with E-state index >= 15 is 0 Å². The van der Waals surface area contributed by atoms with E-state index in [1.54, 1.807) is 4.90 Å². The minimum atomic E-state index is -0.508. The van der Waals surface area contributed by atoms with Crippen molar-refractivity contribution in [2.45, 2.75) is 26.4 Å². The average molecular weight is 307 g/mol. The van der Waals surface area contributed by atoms with E-state index in [2.05, 4.69) is 4.98 Å². The number of anilines is 1. The molecule has 1 aromatic rings.